The van der Waals surface area contributed by atoms with Gasteiger partial charge in [-0.25, -0.2) is 0 Å². The van der Waals surface area contributed by atoms with E-state index in [2.05, 4.69) is 0 Å². The van der Waals surface area contributed by atoms with E-state index in [1.54, 1.807) is 10.3 Å². The van der Waals surface area contributed by atoms with Crippen LogP contribution in [0.3, 0.4) is 0 Å². The minimum atomic E-state index is 1.09. The highest BCUT2D eigenvalue weighted by Gasteiger charge is 2.13. The molecule has 0 nitrogen and oxygen atoms in total. The second-order valence-electron chi connectivity index (χ2n) is 1.77. The Morgan fingerprint density at radius 3 is 2.70 bits per heavy atom. The van der Waals surface area contributed by atoms with Crippen molar-refractivity contribution in [1.82, 2.24) is 0 Å². The Balaban J connectivity index is 2.55. The maximum absolute atomic E-state index is 5.17. The number of hydrogen-bond acceptors (Lipinski definition) is 5. The lowest BCUT2D eigenvalue weighted by molar-refractivity contribution is 1.34. The predicted octanol–water partition coefficient (Wildman–Crippen LogP) is 3.74. The zero-order valence-electron chi connectivity index (χ0n) is 4.96. The van der Waals surface area contributed by atoms with Crippen molar-refractivity contribution in [2.24, 2.45) is 0 Å². The molecule has 10 heavy (non-hydrogen) atoms. The van der Waals surface area contributed by atoms with E-state index in [0.29, 0.717) is 0 Å². The molecule has 1 aromatic rings. The summed E-state index contributed by atoms with van der Waals surface area (Å²) in [5.74, 6) is 2.48. The van der Waals surface area contributed by atoms with Crippen molar-refractivity contribution in [3.63, 3.8) is 0 Å². The molecule has 2 rings (SSSR count). The number of hydrogen-bond donors (Lipinski definition) is 0. The Bertz CT molecular complexity index is 282. The van der Waals surface area contributed by atoms with Crippen LogP contribution >= 0.6 is 56.4 Å². The molecule has 1 aliphatic rings. The second kappa shape index (κ2) is 3.15. The Morgan fingerprint density at radius 2 is 1.90 bits per heavy atom. The first kappa shape index (κ1) is 7.61. The van der Waals surface area contributed by atoms with Crippen LogP contribution in [-0.4, -0.2) is 11.5 Å². The Labute approximate surface area is 80.4 Å². The molecule has 0 radical (unpaired) electrons. The van der Waals surface area contributed by atoms with Gasteiger partial charge in [0.2, 0.25) is 0 Å². The van der Waals surface area contributed by atoms with Gasteiger partial charge in [-0.2, -0.15) is 0 Å². The van der Waals surface area contributed by atoms with Gasteiger partial charge in [0, 0.05) is 11.5 Å². The van der Waals surface area contributed by atoms with Gasteiger partial charge in [0.1, 0.15) is 3.82 Å². The van der Waals surface area contributed by atoms with E-state index in [-0.39, 0.29) is 0 Å². The zero-order valence-corrected chi connectivity index (χ0v) is 9.04. The molecule has 0 saturated heterocycles. The standard InChI is InChI=1S/C5H4S5/c6-4-3-5(10-9-4)8-2-1-7-3/h1-2H2. The van der Waals surface area contributed by atoms with E-state index < -0.39 is 0 Å². The van der Waals surface area contributed by atoms with E-state index in [1.165, 1.54) is 20.6 Å². The van der Waals surface area contributed by atoms with Gasteiger partial charge in [0.25, 0.3) is 0 Å². The third-order valence-electron chi connectivity index (χ3n) is 1.13. The fourth-order valence-corrected chi connectivity index (χ4v) is 7.00. The molecule has 0 unspecified atom stereocenters. The second-order valence-corrected chi connectivity index (χ2v) is 7.05. The number of thioether (sulfide) groups is 2. The van der Waals surface area contributed by atoms with Gasteiger partial charge in [-0.1, -0.05) is 32.9 Å². The maximum atomic E-state index is 5.17. The van der Waals surface area contributed by atoms with E-state index in [9.17, 15) is 0 Å². The van der Waals surface area contributed by atoms with E-state index in [4.69, 9.17) is 12.2 Å². The molecule has 0 fully saturated rings. The molecular formula is C5H4S5. The predicted molar refractivity (Wildman–Crippen MR) is 54.5 cm³/mol. The van der Waals surface area contributed by atoms with Crippen molar-refractivity contribution in [3.8, 4) is 0 Å². The maximum Gasteiger partial charge on any atom is 0.116 e. The minimum Gasteiger partial charge on any atom is -0.121 e. The first-order valence-electron chi connectivity index (χ1n) is 2.76. The summed E-state index contributed by atoms with van der Waals surface area (Å²) >= 11 is 9.04. The summed E-state index contributed by atoms with van der Waals surface area (Å²) in [4.78, 5) is 1.38. The summed E-state index contributed by atoms with van der Waals surface area (Å²) < 4.78 is 2.54. The first-order valence-corrected chi connectivity index (χ1v) is 7.29. The molecule has 1 aliphatic heterocycles. The molecule has 0 amide bonds. The molecule has 1 aromatic heterocycles. The third-order valence-corrected chi connectivity index (χ3v) is 7.62. The van der Waals surface area contributed by atoms with Crippen molar-refractivity contribution >= 4 is 56.4 Å². The average molecular weight is 224 g/mol. The molecule has 0 aromatic carbocycles. The summed E-state index contributed by atoms with van der Waals surface area (Å²) in [5.41, 5.74) is 0. The van der Waals surface area contributed by atoms with Crippen LogP contribution in [0.5, 0.6) is 0 Å². The molecule has 0 atom stereocenters. The van der Waals surface area contributed by atoms with E-state index in [1.807, 2.05) is 33.9 Å². The minimum absolute atomic E-state index is 1.09. The average Bonchev–Trinajstić information content (AvgIpc) is 2.34. The smallest absolute Gasteiger partial charge is 0.116 e. The molecule has 5 heteroatoms. The molecule has 0 N–H and O–H groups in total. The van der Waals surface area contributed by atoms with Crippen LogP contribution in [0.15, 0.2) is 9.10 Å². The quantitative estimate of drug-likeness (QED) is 0.487. The van der Waals surface area contributed by atoms with Gasteiger partial charge >= 0.3 is 0 Å². The van der Waals surface area contributed by atoms with Gasteiger partial charge in [-0.05, 0) is 0 Å². The van der Waals surface area contributed by atoms with Crippen LogP contribution in [0, 0.1) is 3.82 Å². The Hall–Kier alpha value is 0.970. The van der Waals surface area contributed by atoms with Crippen LogP contribution in [0.1, 0.15) is 0 Å². The summed E-state index contributed by atoms with van der Waals surface area (Å²) in [5, 5.41) is 0. The van der Waals surface area contributed by atoms with Crippen molar-refractivity contribution in [2.45, 2.75) is 9.10 Å². The van der Waals surface area contributed by atoms with E-state index >= 15 is 0 Å². The SMILES string of the molecule is S=c1ssc2c1SCCS2. The molecule has 0 saturated carbocycles. The van der Waals surface area contributed by atoms with Crippen LogP contribution in [0.2, 0.25) is 0 Å². The van der Waals surface area contributed by atoms with Crippen LogP contribution in [0.4, 0.5) is 0 Å². The molecular weight excluding hydrogens is 220 g/mol. The largest absolute Gasteiger partial charge is 0.121 e. The van der Waals surface area contributed by atoms with Crippen LogP contribution in [0.25, 0.3) is 0 Å². The summed E-state index contributed by atoms with van der Waals surface area (Å²) in [7, 11) is 3.57. The number of rotatable bonds is 0. The highest BCUT2D eigenvalue weighted by atomic mass is 32.9. The van der Waals surface area contributed by atoms with Gasteiger partial charge in [-0.3, -0.25) is 0 Å². The summed E-state index contributed by atoms with van der Waals surface area (Å²) in [6, 6.07) is 0. The van der Waals surface area contributed by atoms with Crippen molar-refractivity contribution in [1.29, 1.82) is 0 Å². The molecule has 0 aliphatic carbocycles. The van der Waals surface area contributed by atoms with Gasteiger partial charge in [0.05, 0.1) is 9.10 Å². The fourth-order valence-electron chi connectivity index (χ4n) is 0.720. The lowest BCUT2D eigenvalue weighted by atomic mass is 10.8. The highest BCUT2D eigenvalue weighted by Crippen LogP contribution is 2.43. The molecule has 54 valence electrons. The molecule has 0 bridgehead atoms. The highest BCUT2D eigenvalue weighted by molar-refractivity contribution is 8.08. The first-order chi connectivity index (χ1) is 4.88. The lowest BCUT2D eigenvalue weighted by Crippen LogP contribution is -1.89. The normalized spacial score (nSPS) is 16.8. The molecule has 0 spiro atoms. The fraction of sp³-hybridized carbons (Fsp3) is 0.400. The molecule has 2 heterocycles. The Morgan fingerprint density at radius 1 is 1.10 bits per heavy atom. The van der Waals surface area contributed by atoms with Crippen molar-refractivity contribution in [2.75, 3.05) is 11.5 Å². The van der Waals surface area contributed by atoms with Crippen LogP contribution < -0.4 is 0 Å². The lowest BCUT2D eigenvalue weighted by Gasteiger charge is -2.06. The monoisotopic (exact) mass is 224 g/mol. The van der Waals surface area contributed by atoms with Crippen LogP contribution in [-0.2, 0) is 0 Å². The van der Waals surface area contributed by atoms with Crippen molar-refractivity contribution < 1.29 is 0 Å². The van der Waals surface area contributed by atoms with Gasteiger partial charge in [0.15, 0.2) is 0 Å². The summed E-state index contributed by atoms with van der Waals surface area (Å²) in [6.45, 7) is 0. The number of fused-ring (bicyclic) bond motifs is 1. The van der Waals surface area contributed by atoms with Gasteiger partial charge in [-0.15, -0.1) is 23.5 Å². The summed E-state index contributed by atoms with van der Waals surface area (Å²) in [6.07, 6.45) is 0. The topological polar surface area (TPSA) is 0 Å². The van der Waals surface area contributed by atoms with E-state index in [0.717, 1.165) is 3.82 Å². The zero-order chi connectivity index (χ0) is 6.97. The third kappa shape index (κ3) is 1.30. The van der Waals surface area contributed by atoms with Crippen molar-refractivity contribution in [3.05, 3.63) is 3.82 Å². The van der Waals surface area contributed by atoms with Gasteiger partial charge < -0.3 is 0 Å². The Kier molecular flexibility index (Phi) is 2.39.